The molecule has 154 valence electrons. The summed E-state index contributed by atoms with van der Waals surface area (Å²) in [4.78, 5) is 33.4. The fourth-order valence-corrected chi connectivity index (χ4v) is 5.77. The zero-order valence-electron chi connectivity index (χ0n) is 17.2. The zero-order chi connectivity index (χ0) is 19.8. The quantitative estimate of drug-likeness (QED) is 0.725. The van der Waals surface area contributed by atoms with Gasteiger partial charge in [0, 0.05) is 31.1 Å². The van der Waals surface area contributed by atoms with Gasteiger partial charge in [0.05, 0.1) is 10.9 Å². The first-order chi connectivity index (χ1) is 14.2. The first-order valence-electron chi connectivity index (χ1n) is 11.6. The maximum absolute atomic E-state index is 13.4. The van der Waals surface area contributed by atoms with Crippen molar-refractivity contribution in [1.29, 1.82) is 0 Å². The van der Waals surface area contributed by atoms with E-state index in [4.69, 9.17) is 4.98 Å². The predicted octanol–water partition coefficient (Wildman–Crippen LogP) is 4.31. The average molecular weight is 394 g/mol. The fourth-order valence-electron chi connectivity index (χ4n) is 5.77. The molecule has 3 heterocycles. The number of carbonyl (C=O) groups excluding carboxylic acids is 1. The number of aromatic nitrogens is 2. The van der Waals surface area contributed by atoms with Gasteiger partial charge in [-0.15, -0.1) is 0 Å². The van der Waals surface area contributed by atoms with Crippen LogP contribution in [0.25, 0.3) is 10.9 Å². The Morgan fingerprint density at radius 2 is 1.76 bits per heavy atom. The number of nitrogens with zero attached hydrogens (tertiary/aromatic N) is 3. The van der Waals surface area contributed by atoms with Crippen LogP contribution in [0.3, 0.4) is 0 Å². The first kappa shape index (κ1) is 18.8. The summed E-state index contributed by atoms with van der Waals surface area (Å²) in [7, 11) is 0. The standard InChI is InChI=1S/C24H31N3O2/c28-23(26-15-7-9-17-8-4-5-10-21(17)26)18-12-13-19-20(16-18)25-22-11-3-1-2-6-14-27(22)24(19)29/h12-13,16-17,21H,1-11,14-15H2/t17-,21-/m0/s1. The third-order valence-corrected chi connectivity index (χ3v) is 7.32. The highest BCUT2D eigenvalue weighted by atomic mass is 16.2. The number of hydrogen-bond acceptors (Lipinski definition) is 3. The van der Waals surface area contributed by atoms with Gasteiger partial charge in [-0.05, 0) is 62.6 Å². The summed E-state index contributed by atoms with van der Waals surface area (Å²) < 4.78 is 1.86. The van der Waals surface area contributed by atoms with Crippen LogP contribution in [-0.2, 0) is 13.0 Å². The molecule has 0 bridgehead atoms. The van der Waals surface area contributed by atoms with Crippen molar-refractivity contribution in [2.24, 2.45) is 5.92 Å². The molecule has 2 aromatic rings. The van der Waals surface area contributed by atoms with Crippen LogP contribution in [-0.4, -0.2) is 32.9 Å². The summed E-state index contributed by atoms with van der Waals surface area (Å²) in [5, 5.41) is 0.639. The minimum atomic E-state index is 0.0521. The van der Waals surface area contributed by atoms with Gasteiger partial charge in [0.1, 0.15) is 5.82 Å². The lowest BCUT2D eigenvalue weighted by molar-refractivity contribution is 0.0391. The van der Waals surface area contributed by atoms with Crippen molar-refractivity contribution in [1.82, 2.24) is 14.5 Å². The Balaban J connectivity index is 1.50. The normalized spacial score (nSPS) is 25.0. The fraction of sp³-hybridized carbons (Fsp3) is 0.625. The Morgan fingerprint density at radius 1 is 0.931 bits per heavy atom. The van der Waals surface area contributed by atoms with E-state index in [1.54, 1.807) is 0 Å². The van der Waals surface area contributed by atoms with Gasteiger partial charge in [0.2, 0.25) is 0 Å². The molecule has 0 unspecified atom stereocenters. The van der Waals surface area contributed by atoms with Crippen molar-refractivity contribution in [3.63, 3.8) is 0 Å². The lowest BCUT2D eigenvalue weighted by atomic mass is 9.78. The van der Waals surface area contributed by atoms with Crippen molar-refractivity contribution in [2.75, 3.05) is 6.54 Å². The number of carbonyl (C=O) groups is 1. The molecular weight excluding hydrogens is 362 g/mol. The Labute approximate surface area is 172 Å². The number of hydrogen-bond donors (Lipinski definition) is 0. The number of piperidine rings is 1. The molecule has 2 fully saturated rings. The second-order valence-corrected chi connectivity index (χ2v) is 9.13. The van der Waals surface area contributed by atoms with Gasteiger partial charge in [-0.25, -0.2) is 4.98 Å². The third kappa shape index (κ3) is 3.49. The molecule has 1 saturated carbocycles. The number of rotatable bonds is 1. The molecule has 2 aliphatic heterocycles. The van der Waals surface area contributed by atoms with E-state index < -0.39 is 0 Å². The number of aryl methyl sites for hydroxylation is 1. The van der Waals surface area contributed by atoms with Crippen molar-refractivity contribution in [2.45, 2.75) is 83.2 Å². The van der Waals surface area contributed by atoms with Gasteiger partial charge < -0.3 is 4.90 Å². The van der Waals surface area contributed by atoms with Crippen LogP contribution in [0.4, 0.5) is 0 Å². The number of amides is 1. The summed E-state index contributed by atoms with van der Waals surface area (Å²) in [6.45, 7) is 1.62. The highest BCUT2D eigenvalue weighted by molar-refractivity contribution is 5.98. The molecule has 5 rings (SSSR count). The Bertz CT molecular complexity index is 978. The lowest BCUT2D eigenvalue weighted by Gasteiger charge is -2.44. The summed E-state index contributed by atoms with van der Waals surface area (Å²) >= 11 is 0. The number of likely N-dealkylation sites (tertiary alicyclic amines) is 1. The smallest absolute Gasteiger partial charge is 0.261 e. The number of fused-ring (bicyclic) bond motifs is 3. The maximum Gasteiger partial charge on any atom is 0.261 e. The van der Waals surface area contributed by atoms with Crippen molar-refractivity contribution in [3.05, 3.63) is 39.9 Å². The van der Waals surface area contributed by atoms with Crippen molar-refractivity contribution >= 4 is 16.8 Å². The molecule has 1 aliphatic carbocycles. The molecule has 0 radical (unpaired) electrons. The highest BCUT2D eigenvalue weighted by Crippen LogP contribution is 2.36. The van der Waals surface area contributed by atoms with E-state index in [1.807, 2.05) is 22.8 Å². The van der Waals surface area contributed by atoms with E-state index in [1.165, 1.54) is 38.5 Å². The van der Waals surface area contributed by atoms with Gasteiger partial charge in [0.25, 0.3) is 11.5 Å². The average Bonchev–Trinajstić information content (AvgIpc) is 2.74. The monoisotopic (exact) mass is 393 g/mol. The molecule has 0 spiro atoms. The van der Waals surface area contributed by atoms with Crippen molar-refractivity contribution in [3.8, 4) is 0 Å². The van der Waals surface area contributed by atoms with Crippen LogP contribution in [0.5, 0.6) is 0 Å². The molecule has 0 N–H and O–H groups in total. The first-order valence-corrected chi connectivity index (χ1v) is 11.6. The van der Waals surface area contributed by atoms with Gasteiger partial charge in [0.15, 0.2) is 0 Å². The van der Waals surface area contributed by atoms with Gasteiger partial charge >= 0.3 is 0 Å². The highest BCUT2D eigenvalue weighted by Gasteiger charge is 2.36. The summed E-state index contributed by atoms with van der Waals surface area (Å²) in [6.07, 6.45) is 12.6. The topological polar surface area (TPSA) is 55.2 Å². The summed E-state index contributed by atoms with van der Waals surface area (Å²) in [5.41, 5.74) is 1.42. The van der Waals surface area contributed by atoms with E-state index in [0.717, 1.165) is 51.0 Å². The van der Waals surface area contributed by atoms with Crippen LogP contribution in [0.15, 0.2) is 23.0 Å². The molecule has 2 atom stereocenters. The zero-order valence-corrected chi connectivity index (χ0v) is 17.2. The molecule has 1 aromatic heterocycles. The summed E-state index contributed by atoms with van der Waals surface area (Å²) in [5.74, 6) is 1.68. The van der Waals surface area contributed by atoms with Crippen LogP contribution in [0.2, 0.25) is 0 Å². The second-order valence-electron chi connectivity index (χ2n) is 9.13. The van der Waals surface area contributed by atoms with E-state index >= 15 is 0 Å². The van der Waals surface area contributed by atoms with Gasteiger partial charge in [-0.3, -0.25) is 14.2 Å². The van der Waals surface area contributed by atoms with Crippen molar-refractivity contribution < 1.29 is 4.79 Å². The Morgan fingerprint density at radius 3 is 2.69 bits per heavy atom. The Hall–Kier alpha value is -2.17. The van der Waals surface area contributed by atoms with Crippen LogP contribution in [0, 0.1) is 5.92 Å². The molecular formula is C24H31N3O2. The van der Waals surface area contributed by atoms with Gasteiger partial charge in [-0.2, -0.15) is 0 Å². The molecule has 1 saturated heterocycles. The molecule has 1 aromatic carbocycles. The largest absolute Gasteiger partial charge is 0.335 e. The van der Waals surface area contributed by atoms with E-state index in [0.29, 0.717) is 28.4 Å². The maximum atomic E-state index is 13.4. The minimum absolute atomic E-state index is 0.0521. The van der Waals surface area contributed by atoms with E-state index in [2.05, 4.69) is 4.90 Å². The third-order valence-electron chi connectivity index (χ3n) is 7.32. The second kappa shape index (κ2) is 7.92. The number of benzene rings is 1. The van der Waals surface area contributed by atoms with Crippen LogP contribution < -0.4 is 5.56 Å². The lowest BCUT2D eigenvalue weighted by Crippen LogP contribution is -2.49. The van der Waals surface area contributed by atoms with Gasteiger partial charge in [-0.1, -0.05) is 25.7 Å². The van der Waals surface area contributed by atoms with Crippen LogP contribution in [0.1, 0.15) is 80.4 Å². The molecule has 29 heavy (non-hydrogen) atoms. The SMILES string of the molecule is O=C(c1ccc2c(=O)n3c(nc2c1)CCCCCC3)N1CCC[C@@H]2CCCC[C@@H]21. The summed E-state index contributed by atoms with van der Waals surface area (Å²) in [6, 6.07) is 5.93. The molecule has 1 amide bonds. The predicted molar refractivity (Wildman–Crippen MR) is 114 cm³/mol. The molecule has 3 aliphatic rings. The molecule has 5 nitrogen and oxygen atoms in total. The molecule has 5 heteroatoms. The van der Waals surface area contributed by atoms with E-state index in [-0.39, 0.29) is 11.5 Å². The van der Waals surface area contributed by atoms with E-state index in [9.17, 15) is 9.59 Å². The van der Waals surface area contributed by atoms with Crippen LogP contribution >= 0.6 is 0 Å². The Kier molecular flexibility index (Phi) is 5.15. The minimum Gasteiger partial charge on any atom is -0.335 e.